The molecule has 1 aliphatic rings. The number of rotatable bonds is 5. The number of carboxylic acids is 1. The summed E-state index contributed by atoms with van der Waals surface area (Å²) in [5.74, 6) is -0.680. The van der Waals surface area contributed by atoms with Crippen LogP contribution in [0, 0.1) is 5.41 Å². The van der Waals surface area contributed by atoms with Gasteiger partial charge in [-0.1, -0.05) is 6.07 Å². The fraction of sp³-hybridized carbons (Fsp3) is 0.429. The van der Waals surface area contributed by atoms with E-state index < -0.39 is 11.4 Å². The molecule has 2 aromatic rings. The second kappa shape index (κ2) is 4.35. The van der Waals surface area contributed by atoms with Gasteiger partial charge in [-0.25, -0.2) is 4.98 Å². The number of nitrogens with zero attached hydrogens (tertiary/aromatic N) is 2. The number of aryl methyl sites for hydroxylation is 1. The van der Waals surface area contributed by atoms with Crippen molar-refractivity contribution in [2.24, 2.45) is 12.5 Å². The van der Waals surface area contributed by atoms with Crippen LogP contribution >= 0.6 is 0 Å². The van der Waals surface area contributed by atoms with Crippen LogP contribution in [-0.2, 0) is 18.4 Å². The molecule has 2 N–H and O–H groups in total. The van der Waals surface area contributed by atoms with Gasteiger partial charge in [-0.05, 0) is 30.5 Å². The summed E-state index contributed by atoms with van der Waals surface area (Å²) in [7, 11) is 1.97. The number of fused-ring (bicyclic) bond motifs is 1. The molecule has 0 saturated heterocycles. The van der Waals surface area contributed by atoms with Gasteiger partial charge in [-0.15, -0.1) is 0 Å². The van der Waals surface area contributed by atoms with Crippen molar-refractivity contribution in [2.75, 3.05) is 6.54 Å². The molecule has 5 nitrogen and oxygen atoms in total. The number of imidazole rings is 1. The minimum atomic E-state index is -0.680. The van der Waals surface area contributed by atoms with Crippen LogP contribution in [0.4, 0.5) is 0 Å². The fourth-order valence-electron chi connectivity index (χ4n) is 2.35. The summed E-state index contributed by atoms with van der Waals surface area (Å²) >= 11 is 0. The van der Waals surface area contributed by atoms with E-state index in [2.05, 4.69) is 16.4 Å². The zero-order valence-corrected chi connectivity index (χ0v) is 10.9. The average molecular weight is 259 g/mol. The van der Waals surface area contributed by atoms with Crippen molar-refractivity contribution in [3.63, 3.8) is 0 Å². The largest absolute Gasteiger partial charge is 0.481 e. The van der Waals surface area contributed by atoms with Gasteiger partial charge in [0.1, 0.15) is 0 Å². The first-order chi connectivity index (χ1) is 9.11. The maximum Gasteiger partial charge on any atom is 0.310 e. The average Bonchev–Trinajstić information content (AvgIpc) is 3.09. The molecule has 0 atom stereocenters. The number of hydrogen-bond acceptors (Lipinski definition) is 3. The molecule has 1 aromatic heterocycles. The zero-order chi connectivity index (χ0) is 13.5. The third-order valence-electron chi connectivity index (χ3n) is 3.89. The zero-order valence-electron chi connectivity index (χ0n) is 10.9. The van der Waals surface area contributed by atoms with Crippen LogP contribution in [-0.4, -0.2) is 27.2 Å². The number of benzene rings is 1. The monoisotopic (exact) mass is 259 g/mol. The Hall–Kier alpha value is -1.88. The number of carbonyl (C=O) groups is 1. The van der Waals surface area contributed by atoms with Crippen LogP contribution in [0.25, 0.3) is 11.0 Å². The molecule has 0 bridgehead atoms. The summed E-state index contributed by atoms with van der Waals surface area (Å²) in [5, 5.41) is 12.3. The number of aromatic nitrogens is 2. The van der Waals surface area contributed by atoms with Gasteiger partial charge in [0.05, 0.1) is 22.8 Å². The third kappa shape index (κ3) is 2.21. The minimum absolute atomic E-state index is 0.505. The molecule has 5 heteroatoms. The van der Waals surface area contributed by atoms with E-state index in [0.29, 0.717) is 13.1 Å². The van der Waals surface area contributed by atoms with Crippen LogP contribution in [0.2, 0.25) is 0 Å². The van der Waals surface area contributed by atoms with Gasteiger partial charge < -0.3 is 15.0 Å². The van der Waals surface area contributed by atoms with E-state index in [1.165, 1.54) is 0 Å². The highest BCUT2D eigenvalue weighted by Gasteiger charge is 2.49. The predicted molar refractivity (Wildman–Crippen MR) is 71.7 cm³/mol. The van der Waals surface area contributed by atoms with E-state index in [0.717, 1.165) is 29.4 Å². The van der Waals surface area contributed by atoms with E-state index in [4.69, 9.17) is 5.11 Å². The summed E-state index contributed by atoms with van der Waals surface area (Å²) in [6.45, 7) is 1.23. The first kappa shape index (κ1) is 12.2. The smallest absolute Gasteiger partial charge is 0.310 e. The molecule has 0 spiro atoms. The number of carboxylic acid groups (broad SMARTS) is 1. The van der Waals surface area contributed by atoms with E-state index in [-0.39, 0.29) is 0 Å². The van der Waals surface area contributed by atoms with E-state index >= 15 is 0 Å². The summed E-state index contributed by atoms with van der Waals surface area (Å²) in [6.07, 6.45) is 3.37. The summed E-state index contributed by atoms with van der Waals surface area (Å²) in [5.41, 5.74) is 2.70. The lowest BCUT2D eigenvalue weighted by atomic mass is 10.1. The molecular weight excluding hydrogens is 242 g/mol. The number of hydrogen-bond donors (Lipinski definition) is 2. The second-order valence-electron chi connectivity index (χ2n) is 5.37. The van der Waals surface area contributed by atoms with Crippen LogP contribution in [0.5, 0.6) is 0 Å². The Morgan fingerprint density at radius 1 is 1.53 bits per heavy atom. The van der Waals surface area contributed by atoms with E-state index in [1.54, 1.807) is 6.33 Å². The first-order valence-corrected chi connectivity index (χ1v) is 6.45. The molecule has 0 amide bonds. The van der Waals surface area contributed by atoms with E-state index in [9.17, 15) is 4.79 Å². The van der Waals surface area contributed by atoms with Crippen molar-refractivity contribution in [2.45, 2.75) is 19.4 Å². The first-order valence-electron chi connectivity index (χ1n) is 6.45. The van der Waals surface area contributed by atoms with Gasteiger partial charge in [0.25, 0.3) is 0 Å². The third-order valence-corrected chi connectivity index (χ3v) is 3.89. The van der Waals surface area contributed by atoms with E-state index in [1.807, 2.05) is 23.7 Å². The molecule has 1 fully saturated rings. The van der Waals surface area contributed by atoms with Crippen molar-refractivity contribution >= 4 is 17.0 Å². The van der Waals surface area contributed by atoms with Gasteiger partial charge in [0, 0.05) is 20.1 Å². The highest BCUT2D eigenvalue weighted by Crippen LogP contribution is 2.45. The van der Waals surface area contributed by atoms with Crippen molar-refractivity contribution in [1.82, 2.24) is 14.9 Å². The molecule has 1 aromatic carbocycles. The van der Waals surface area contributed by atoms with Gasteiger partial charge in [-0.3, -0.25) is 4.79 Å². The van der Waals surface area contributed by atoms with Crippen LogP contribution in [0.3, 0.4) is 0 Å². The minimum Gasteiger partial charge on any atom is -0.481 e. The molecule has 1 aliphatic carbocycles. The maximum atomic E-state index is 11.1. The fourth-order valence-corrected chi connectivity index (χ4v) is 2.35. The Labute approximate surface area is 111 Å². The van der Waals surface area contributed by atoms with Crippen LogP contribution in [0.15, 0.2) is 24.5 Å². The van der Waals surface area contributed by atoms with Gasteiger partial charge >= 0.3 is 5.97 Å². The molecule has 0 unspecified atom stereocenters. The Balaban J connectivity index is 1.64. The lowest BCUT2D eigenvalue weighted by molar-refractivity contribution is -0.143. The topological polar surface area (TPSA) is 67.2 Å². The lowest BCUT2D eigenvalue weighted by Crippen LogP contribution is -2.29. The molecule has 3 rings (SSSR count). The van der Waals surface area contributed by atoms with Crippen LogP contribution < -0.4 is 5.32 Å². The maximum absolute atomic E-state index is 11.1. The van der Waals surface area contributed by atoms with Crippen molar-refractivity contribution in [3.8, 4) is 0 Å². The standard InChI is InChI=1S/C14H17N3O2/c1-17-9-16-11-6-10(2-3-12(11)17)7-15-8-14(4-5-14)13(18)19/h2-3,6,9,15H,4-5,7-8H2,1H3,(H,18,19). The van der Waals surface area contributed by atoms with Gasteiger partial charge in [-0.2, -0.15) is 0 Å². The Morgan fingerprint density at radius 3 is 3.00 bits per heavy atom. The molecule has 19 heavy (non-hydrogen) atoms. The number of aliphatic carboxylic acids is 1. The van der Waals surface area contributed by atoms with Crippen molar-refractivity contribution in [3.05, 3.63) is 30.1 Å². The Kier molecular flexibility index (Phi) is 2.78. The quantitative estimate of drug-likeness (QED) is 0.854. The van der Waals surface area contributed by atoms with Crippen molar-refractivity contribution in [1.29, 1.82) is 0 Å². The van der Waals surface area contributed by atoms with Gasteiger partial charge in [0.15, 0.2) is 0 Å². The second-order valence-corrected chi connectivity index (χ2v) is 5.37. The molecule has 0 aliphatic heterocycles. The predicted octanol–water partition coefficient (Wildman–Crippen LogP) is 1.53. The van der Waals surface area contributed by atoms with Crippen molar-refractivity contribution < 1.29 is 9.90 Å². The lowest BCUT2D eigenvalue weighted by Gasteiger charge is -2.11. The van der Waals surface area contributed by atoms with Gasteiger partial charge in [0.2, 0.25) is 0 Å². The molecule has 0 radical (unpaired) electrons. The Bertz CT molecular complexity index is 629. The SMILES string of the molecule is Cn1cnc2cc(CNCC3(C(=O)O)CC3)ccc21. The summed E-state index contributed by atoms with van der Waals surface area (Å²) < 4.78 is 1.98. The Morgan fingerprint density at radius 2 is 2.32 bits per heavy atom. The highest BCUT2D eigenvalue weighted by atomic mass is 16.4. The van der Waals surface area contributed by atoms with Crippen LogP contribution in [0.1, 0.15) is 18.4 Å². The summed E-state index contributed by atoms with van der Waals surface area (Å²) in [4.78, 5) is 15.4. The molecule has 1 heterocycles. The molecular formula is C14H17N3O2. The highest BCUT2D eigenvalue weighted by molar-refractivity contribution is 5.78. The normalized spacial score (nSPS) is 16.7. The summed E-state index contributed by atoms with van der Waals surface area (Å²) in [6, 6.07) is 6.14. The molecule has 1 saturated carbocycles. The molecule has 100 valence electrons. The number of nitrogens with one attached hydrogen (secondary N) is 1.